The SMILES string of the molecule is CC1(C)CC(NC(=O)c2cc3cc4c5c(c3oc2=O)CCCN5CCC4)CC(C)(C)N1O. The molecule has 0 aliphatic carbocycles. The molecule has 3 aliphatic heterocycles. The lowest BCUT2D eigenvalue weighted by Gasteiger charge is -2.51. The predicted molar refractivity (Wildman–Crippen MR) is 124 cm³/mol. The number of carbonyl (C=O) groups is 1. The molecular formula is C25H33N3O4. The molecule has 0 bridgehead atoms. The van der Waals surface area contributed by atoms with Crippen LogP contribution in [0.25, 0.3) is 11.0 Å². The van der Waals surface area contributed by atoms with Crippen molar-refractivity contribution >= 4 is 22.6 Å². The minimum absolute atomic E-state index is 0.0511. The number of carbonyl (C=O) groups excluding carboxylic acids is 1. The summed E-state index contributed by atoms with van der Waals surface area (Å²) in [6, 6.07) is 3.66. The first kappa shape index (κ1) is 21.5. The number of nitrogens with zero attached hydrogens (tertiary/aromatic N) is 2. The van der Waals surface area contributed by atoms with E-state index in [2.05, 4.69) is 16.3 Å². The van der Waals surface area contributed by atoms with Gasteiger partial charge < -0.3 is 19.8 Å². The van der Waals surface area contributed by atoms with Crippen molar-refractivity contribution in [2.45, 2.75) is 83.3 Å². The summed E-state index contributed by atoms with van der Waals surface area (Å²) >= 11 is 0. The van der Waals surface area contributed by atoms with E-state index in [4.69, 9.17) is 4.42 Å². The van der Waals surface area contributed by atoms with Crippen LogP contribution in [-0.4, -0.2) is 46.4 Å². The summed E-state index contributed by atoms with van der Waals surface area (Å²) in [5.74, 6) is -0.406. The monoisotopic (exact) mass is 439 g/mol. The van der Waals surface area contributed by atoms with Crippen LogP contribution in [0.5, 0.6) is 0 Å². The second-order valence-corrected chi connectivity index (χ2v) is 10.9. The highest BCUT2D eigenvalue weighted by Crippen LogP contribution is 2.40. The smallest absolute Gasteiger partial charge is 0.349 e. The number of benzene rings is 1. The Hall–Kier alpha value is -2.38. The first-order chi connectivity index (χ1) is 15.1. The maximum absolute atomic E-state index is 13.1. The van der Waals surface area contributed by atoms with Gasteiger partial charge in [-0.1, -0.05) is 0 Å². The molecule has 172 valence electrons. The van der Waals surface area contributed by atoms with Gasteiger partial charge in [0.2, 0.25) is 0 Å². The third-order valence-corrected chi connectivity index (χ3v) is 7.43. The van der Waals surface area contributed by atoms with Crippen molar-refractivity contribution in [2.24, 2.45) is 0 Å². The number of piperidine rings is 1. The van der Waals surface area contributed by atoms with E-state index in [-0.39, 0.29) is 11.6 Å². The summed E-state index contributed by atoms with van der Waals surface area (Å²) in [4.78, 5) is 28.4. The molecule has 3 aliphatic rings. The van der Waals surface area contributed by atoms with Crippen molar-refractivity contribution in [3.05, 3.63) is 39.2 Å². The number of fused-ring (bicyclic) bond motifs is 2. The number of aryl methyl sites for hydroxylation is 2. The Morgan fingerprint density at radius 3 is 2.44 bits per heavy atom. The molecule has 1 aromatic heterocycles. The fraction of sp³-hybridized carbons (Fsp3) is 0.600. The lowest BCUT2D eigenvalue weighted by Crippen LogP contribution is -2.63. The maximum atomic E-state index is 13.1. The van der Waals surface area contributed by atoms with E-state index in [1.807, 2.05) is 27.7 Å². The number of hydrogen-bond donors (Lipinski definition) is 2. The van der Waals surface area contributed by atoms with Crippen LogP contribution in [0, 0.1) is 0 Å². The molecule has 1 aromatic carbocycles. The molecule has 5 rings (SSSR count). The standard InChI is InChI=1S/C25H33N3O4/c1-24(2)13-17(14-25(3,4)28(24)31)26-22(29)19-12-16-11-15-7-5-9-27-10-6-8-18(20(15)27)21(16)32-23(19)30/h11-12,17,31H,5-10,13-14H2,1-4H3,(H,26,29). The van der Waals surface area contributed by atoms with Gasteiger partial charge in [0, 0.05) is 46.8 Å². The number of nitrogens with one attached hydrogen (secondary N) is 1. The van der Waals surface area contributed by atoms with E-state index in [9.17, 15) is 14.8 Å². The van der Waals surface area contributed by atoms with Crippen LogP contribution in [0.4, 0.5) is 5.69 Å². The Kier molecular flexibility index (Phi) is 4.91. The van der Waals surface area contributed by atoms with Crippen molar-refractivity contribution in [3.63, 3.8) is 0 Å². The molecule has 7 heteroatoms. The van der Waals surface area contributed by atoms with Crippen molar-refractivity contribution in [1.29, 1.82) is 0 Å². The van der Waals surface area contributed by atoms with Gasteiger partial charge >= 0.3 is 5.63 Å². The highest BCUT2D eigenvalue weighted by Gasteiger charge is 2.45. The Balaban J connectivity index is 1.49. The van der Waals surface area contributed by atoms with Gasteiger partial charge in [0.1, 0.15) is 11.1 Å². The zero-order valence-electron chi connectivity index (χ0n) is 19.5. The zero-order chi connectivity index (χ0) is 22.8. The Morgan fingerprint density at radius 1 is 1.09 bits per heavy atom. The fourth-order valence-corrected chi connectivity index (χ4v) is 6.24. The minimum atomic E-state index is -0.586. The highest BCUT2D eigenvalue weighted by atomic mass is 16.5. The molecule has 2 N–H and O–H groups in total. The average Bonchev–Trinajstić information content (AvgIpc) is 2.72. The lowest BCUT2D eigenvalue weighted by atomic mass is 9.79. The number of hydroxylamine groups is 2. The molecule has 2 aromatic rings. The third-order valence-electron chi connectivity index (χ3n) is 7.43. The maximum Gasteiger partial charge on any atom is 0.349 e. The van der Waals surface area contributed by atoms with Gasteiger partial charge in [-0.3, -0.25) is 4.79 Å². The first-order valence-corrected chi connectivity index (χ1v) is 11.7. The molecule has 0 atom stereocenters. The average molecular weight is 440 g/mol. The van der Waals surface area contributed by atoms with Gasteiger partial charge in [0.05, 0.1) is 0 Å². The van der Waals surface area contributed by atoms with Crippen LogP contribution < -0.4 is 15.8 Å². The number of anilines is 1. The molecule has 1 fully saturated rings. The second kappa shape index (κ2) is 7.32. The Morgan fingerprint density at radius 2 is 1.75 bits per heavy atom. The Bertz CT molecular complexity index is 1130. The fourth-order valence-electron chi connectivity index (χ4n) is 6.24. The van der Waals surface area contributed by atoms with Gasteiger partial charge in [-0.05, 0) is 83.9 Å². The van der Waals surface area contributed by atoms with Crippen molar-refractivity contribution in [2.75, 3.05) is 18.0 Å². The molecule has 0 unspecified atom stereocenters. The van der Waals surface area contributed by atoms with Crippen molar-refractivity contribution in [1.82, 2.24) is 10.4 Å². The summed E-state index contributed by atoms with van der Waals surface area (Å²) in [6.07, 6.45) is 5.26. The Labute approximate surface area is 188 Å². The van der Waals surface area contributed by atoms with E-state index >= 15 is 0 Å². The number of hydrogen-bond acceptors (Lipinski definition) is 6. The van der Waals surface area contributed by atoms with Crippen LogP contribution >= 0.6 is 0 Å². The predicted octanol–water partition coefficient (Wildman–Crippen LogP) is 3.63. The molecular weight excluding hydrogens is 406 g/mol. The quantitative estimate of drug-likeness (QED) is 0.695. The van der Waals surface area contributed by atoms with E-state index < -0.39 is 22.6 Å². The lowest BCUT2D eigenvalue weighted by molar-refractivity contribution is -0.245. The number of amides is 1. The van der Waals surface area contributed by atoms with E-state index in [1.165, 1.54) is 16.3 Å². The van der Waals surface area contributed by atoms with Gasteiger partial charge in [0.15, 0.2) is 0 Å². The molecule has 1 saturated heterocycles. The van der Waals surface area contributed by atoms with Crippen LogP contribution in [0.1, 0.15) is 74.9 Å². The van der Waals surface area contributed by atoms with Gasteiger partial charge in [0.25, 0.3) is 5.91 Å². The summed E-state index contributed by atoms with van der Waals surface area (Å²) in [5.41, 5.74) is 2.78. The summed E-state index contributed by atoms with van der Waals surface area (Å²) in [5, 5.41) is 15.8. The van der Waals surface area contributed by atoms with Gasteiger partial charge in [-0.2, -0.15) is 5.06 Å². The summed E-state index contributed by atoms with van der Waals surface area (Å²) in [7, 11) is 0. The second-order valence-electron chi connectivity index (χ2n) is 10.9. The summed E-state index contributed by atoms with van der Waals surface area (Å²) < 4.78 is 5.78. The summed E-state index contributed by atoms with van der Waals surface area (Å²) in [6.45, 7) is 9.92. The van der Waals surface area contributed by atoms with Gasteiger partial charge in [-0.25, -0.2) is 4.79 Å². The highest BCUT2D eigenvalue weighted by molar-refractivity contribution is 5.98. The topological polar surface area (TPSA) is 86.0 Å². The third kappa shape index (κ3) is 3.42. The van der Waals surface area contributed by atoms with Crippen LogP contribution in [0.15, 0.2) is 21.3 Å². The van der Waals surface area contributed by atoms with Crippen molar-refractivity contribution < 1.29 is 14.4 Å². The minimum Gasteiger partial charge on any atom is -0.422 e. The molecule has 4 heterocycles. The zero-order valence-corrected chi connectivity index (χ0v) is 19.5. The number of rotatable bonds is 2. The van der Waals surface area contributed by atoms with Crippen LogP contribution in [0.2, 0.25) is 0 Å². The van der Waals surface area contributed by atoms with Crippen LogP contribution in [0.3, 0.4) is 0 Å². The molecule has 0 radical (unpaired) electrons. The van der Waals surface area contributed by atoms with Crippen LogP contribution in [-0.2, 0) is 12.8 Å². The molecule has 0 spiro atoms. The largest absolute Gasteiger partial charge is 0.422 e. The molecule has 1 amide bonds. The van der Waals surface area contributed by atoms with Gasteiger partial charge in [-0.15, -0.1) is 0 Å². The van der Waals surface area contributed by atoms with E-state index in [0.29, 0.717) is 18.4 Å². The molecule has 32 heavy (non-hydrogen) atoms. The van der Waals surface area contributed by atoms with E-state index in [0.717, 1.165) is 49.7 Å². The first-order valence-electron chi connectivity index (χ1n) is 11.7. The van der Waals surface area contributed by atoms with Crippen molar-refractivity contribution in [3.8, 4) is 0 Å². The molecule has 0 saturated carbocycles. The van der Waals surface area contributed by atoms with E-state index in [1.54, 1.807) is 6.07 Å². The molecule has 7 nitrogen and oxygen atoms in total. The normalized spacial score (nSPS) is 22.6.